The molecule has 3 aliphatic rings. The van der Waals surface area contributed by atoms with Gasteiger partial charge in [-0.15, -0.1) is 0 Å². The molecule has 3 heterocycles. The van der Waals surface area contributed by atoms with Crippen LogP contribution >= 0.6 is 0 Å². The lowest BCUT2D eigenvalue weighted by molar-refractivity contribution is -0.157. The van der Waals surface area contributed by atoms with E-state index in [0.29, 0.717) is 6.10 Å². The Hall–Kier alpha value is -0.200. The molecule has 5 nitrogen and oxygen atoms in total. The smallest absolute Gasteiger partial charge is 0.164 e. The van der Waals surface area contributed by atoms with Crippen LogP contribution in [-0.2, 0) is 18.9 Å². The number of ether oxygens (including phenoxy) is 4. The summed E-state index contributed by atoms with van der Waals surface area (Å²) >= 11 is 0. The van der Waals surface area contributed by atoms with Gasteiger partial charge >= 0.3 is 0 Å². The minimum absolute atomic E-state index is 0.0135. The summed E-state index contributed by atoms with van der Waals surface area (Å²) in [5.41, 5.74) is -0.448. The lowest BCUT2D eigenvalue weighted by atomic mass is 9.90. The second-order valence-corrected chi connectivity index (χ2v) is 8.81. The third-order valence-electron chi connectivity index (χ3n) is 5.75. The zero-order valence-electron chi connectivity index (χ0n) is 15.3. The SMILES string of the molecule is CC1(C)O[C@H](CC[C@]2(C)O[C@H]2CC[C@]2(C)O[C@H]2CO)C(C)(C)O1. The molecule has 3 saturated heterocycles. The van der Waals surface area contributed by atoms with Crippen LogP contribution in [0.5, 0.6) is 0 Å². The third-order valence-corrected chi connectivity index (χ3v) is 5.75. The Labute approximate surface area is 139 Å². The van der Waals surface area contributed by atoms with Crippen molar-refractivity contribution in [2.45, 2.75) is 108 Å². The van der Waals surface area contributed by atoms with Crippen LogP contribution < -0.4 is 0 Å². The summed E-state index contributed by atoms with van der Waals surface area (Å²) in [6.45, 7) is 12.5. The van der Waals surface area contributed by atoms with Crippen LogP contribution in [0.15, 0.2) is 0 Å². The van der Waals surface area contributed by atoms with Gasteiger partial charge in [0.05, 0.1) is 35.6 Å². The van der Waals surface area contributed by atoms with Gasteiger partial charge in [0.2, 0.25) is 0 Å². The molecule has 0 aliphatic carbocycles. The summed E-state index contributed by atoms with van der Waals surface area (Å²) in [6.07, 6.45) is 4.26. The standard InChI is InChI=1S/C18H32O5/c1-15(2)12(20-16(3,4)23-15)7-9-17(5)13(21-17)8-10-18(6)14(11-19)22-18/h12-14,19H,7-11H2,1-6H3/t12-,13+,14+,17+,18+/m1/s1. The number of hydrogen-bond donors (Lipinski definition) is 1. The fraction of sp³-hybridized carbons (Fsp3) is 1.00. The molecule has 5 atom stereocenters. The van der Waals surface area contributed by atoms with Gasteiger partial charge < -0.3 is 24.1 Å². The van der Waals surface area contributed by atoms with Crippen LogP contribution in [0.3, 0.4) is 0 Å². The van der Waals surface area contributed by atoms with E-state index < -0.39 is 5.79 Å². The molecule has 0 radical (unpaired) electrons. The van der Waals surface area contributed by atoms with Crippen LogP contribution in [0.4, 0.5) is 0 Å². The van der Waals surface area contributed by atoms with Crippen LogP contribution in [0.25, 0.3) is 0 Å². The molecular formula is C18H32O5. The number of aliphatic hydroxyl groups excluding tert-OH is 1. The van der Waals surface area contributed by atoms with E-state index in [2.05, 4.69) is 27.7 Å². The second kappa shape index (κ2) is 5.40. The van der Waals surface area contributed by atoms with Crippen molar-refractivity contribution in [1.29, 1.82) is 0 Å². The van der Waals surface area contributed by atoms with Crippen molar-refractivity contribution in [2.24, 2.45) is 0 Å². The molecule has 0 amide bonds. The first kappa shape index (κ1) is 17.6. The fourth-order valence-electron chi connectivity index (χ4n) is 4.07. The molecule has 0 unspecified atom stereocenters. The highest BCUT2D eigenvalue weighted by molar-refractivity contribution is 5.05. The zero-order valence-corrected chi connectivity index (χ0v) is 15.3. The summed E-state index contributed by atoms with van der Waals surface area (Å²) in [6, 6.07) is 0. The number of epoxide rings is 2. The van der Waals surface area contributed by atoms with Crippen LogP contribution in [-0.4, -0.2) is 52.6 Å². The average molecular weight is 328 g/mol. The summed E-state index contributed by atoms with van der Waals surface area (Å²) in [7, 11) is 0. The molecule has 0 aromatic carbocycles. The lowest BCUT2D eigenvalue weighted by Gasteiger charge is -2.24. The van der Waals surface area contributed by atoms with Crippen molar-refractivity contribution < 1.29 is 24.1 Å². The van der Waals surface area contributed by atoms with Crippen molar-refractivity contribution in [3.63, 3.8) is 0 Å². The first-order valence-electron chi connectivity index (χ1n) is 8.84. The summed E-state index contributed by atoms with van der Waals surface area (Å²) < 4.78 is 23.5. The molecule has 0 aromatic rings. The van der Waals surface area contributed by atoms with Gasteiger partial charge in [-0.2, -0.15) is 0 Å². The van der Waals surface area contributed by atoms with Gasteiger partial charge in [-0.25, -0.2) is 0 Å². The van der Waals surface area contributed by atoms with Crippen molar-refractivity contribution in [2.75, 3.05) is 6.61 Å². The monoisotopic (exact) mass is 328 g/mol. The second-order valence-electron chi connectivity index (χ2n) is 8.81. The Morgan fingerprint density at radius 3 is 1.74 bits per heavy atom. The van der Waals surface area contributed by atoms with Gasteiger partial charge in [0.25, 0.3) is 0 Å². The summed E-state index contributed by atoms with van der Waals surface area (Å²) in [4.78, 5) is 0. The van der Waals surface area contributed by atoms with Gasteiger partial charge in [0.1, 0.15) is 6.10 Å². The molecule has 3 aliphatic heterocycles. The Morgan fingerprint density at radius 1 is 0.739 bits per heavy atom. The average Bonchev–Trinajstić information content (AvgIpc) is 3.25. The molecule has 0 bridgehead atoms. The van der Waals surface area contributed by atoms with E-state index in [4.69, 9.17) is 24.1 Å². The molecule has 0 spiro atoms. The lowest BCUT2D eigenvalue weighted by Crippen LogP contribution is -2.34. The maximum atomic E-state index is 9.14. The Bertz CT molecular complexity index is 462. The highest BCUT2D eigenvalue weighted by atomic mass is 16.8. The number of aliphatic hydroxyl groups is 1. The van der Waals surface area contributed by atoms with Crippen LogP contribution in [0.1, 0.15) is 67.2 Å². The Morgan fingerprint density at radius 2 is 1.26 bits per heavy atom. The predicted molar refractivity (Wildman–Crippen MR) is 86.2 cm³/mol. The maximum Gasteiger partial charge on any atom is 0.164 e. The van der Waals surface area contributed by atoms with E-state index in [1.54, 1.807) is 0 Å². The fourth-order valence-corrected chi connectivity index (χ4v) is 4.07. The molecule has 3 fully saturated rings. The molecule has 134 valence electrons. The topological polar surface area (TPSA) is 63.8 Å². The summed E-state index contributed by atoms with van der Waals surface area (Å²) in [5.74, 6) is -0.504. The molecule has 5 heteroatoms. The van der Waals surface area contributed by atoms with Crippen LogP contribution in [0, 0.1) is 0 Å². The van der Waals surface area contributed by atoms with E-state index in [0.717, 1.165) is 25.7 Å². The number of rotatable bonds is 7. The van der Waals surface area contributed by atoms with Gasteiger partial charge in [0, 0.05) is 0 Å². The predicted octanol–water partition coefficient (Wildman–Crippen LogP) is 2.78. The van der Waals surface area contributed by atoms with Crippen LogP contribution in [0.2, 0.25) is 0 Å². The molecule has 0 aromatic heterocycles. The minimum Gasteiger partial charge on any atom is -0.394 e. The minimum atomic E-state index is -0.504. The van der Waals surface area contributed by atoms with E-state index in [-0.39, 0.29) is 35.6 Å². The zero-order chi connectivity index (χ0) is 17.1. The van der Waals surface area contributed by atoms with Crippen molar-refractivity contribution >= 4 is 0 Å². The van der Waals surface area contributed by atoms with Gasteiger partial charge in [-0.05, 0) is 67.2 Å². The first-order valence-corrected chi connectivity index (χ1v) is 8.84. The molecule has 23 heavy (non-hydrogen) atoms. The highest BCUT2D eigenvalue weighted by Crippen LogP contribution is 2.49. The molecule has 3 rings (SSSR count). The van der Waals surface area contributed by atoms with E-state index >= 15 is 0 Å². The van der Waals surface area contributed by atoms with E-state index in [9.17, 15) is 0 Å². The van der Waals surface area contributed by atoms with Gasteiger partial charge in [-0.1, -0.05) is 0 Å². The highest BCUT2D eigenvalue weighted by Gasteiger charge is 2.57. The summed E-state index contributed by atoms with van der Waals surface area (Å²) in [5, 5.41) is 9.14. The van der Waals surface area contributed by atoms with Gasteiger partial charge in [0.15, 0.2) is 5.79 Å². The Balaban J connectivity index is 1.43. The van der Waals surface area contributed by atoms with Crippen molar-refractivity contribution in [3.05, 3.63) is 0 Å². The van der Waals surface area contributed by atoms with E-state index in [1.807, 2.05) is 13.8 Å². The molecular weight excluding hydrogens is 296 g/mol. The number of hydrogen-bond acceptors (Lipinski definition) is 5. The normalized spacial score (nSPS) is 46.8. The maximum absolute atomic E-state index is 9.14. The molecule has 0 saturated carbocycles. The quantitative estimate of drug-likeness (QED) is 0.728. The van der Waals surface area contributed by atoms with Gasteiger partial charge in [-0.3, -0.25) is 0 Å². The Kier molecular flexibility index (Phi) is 4.13. The first-order chi connectivity index (χ1) is 10.5. The third kappa shape index (κ3) is 3.59. The largest absolute Gasteiger partial charge is 0.394 e. The van der Waals surface area contributed by atoms with Crippen molar-refractivity contribution in [3.8, 4) is 0 Å². The van der Waals surface area contributed by atoms with E-state index in [1.165, 1.54) is 0 Å². The molecule has 1 N–H and O–H groups in total. The van der Waals surface area contributed by atoms with Crippen molar-refractivity contribution in [1.82, 2.24) is 0 Å².